The lowest BCUT2D eigenvalue weighted by molar-refractivity contribution is -0.0923. The molecule has 3 aromatic carbocycles. The van der Waals surface area contributed by atoms with E-state index < -0.39 is 142 Å². The van der Waals surface area contributed by atoms with Crippen molar-refractivity contribution in [3.63, 3.8) is 0 Å². The number of H-pyrrole nitrogens is 2. The second-order valence-electron chi connectivity index (χ2n) is 24.2. The number of benzene rings is 3. The zero-order valence-electron chi connectivity index (χ0n) is 54.6. The quantitative estimate of drug-likeness (QED) is 0.0261. The van der Waals surface area contributed by atoms with Crippen molar-refractivity contribution in [3.8, 4) is 11.5 Å². The maximum absolute atomic E-state index is 13.4. The predicted molar refractivity (Wildman–Crippen MR) is 376 cm³/mol. The van der Waals surface area contributed by atoms with E-state index >= 15 is 0 Å². The molecule has 13 rings (SSSR count). The van der Waals surface area contributed by atoms with Gasteiger partial charge in [0.1, 0.15) is 77.8 Å². The molecule has 548 valence electrons. The number of nitrogens with one attached hydrogen (secondary N) is 2. The third kappa shape index (κ3) is 16.0. The molecule has 0 amide bonds. The summed E-state index contributed by atoms with van der Waals surface area (Å²) in [4.78, 5) is 118. The molecule has 43 heteroatoms. The van der Waals surface area contributed by atoms with Gasteiger partial charge in [0.15, 0.2) is 22.6 Å². The lowest BCUT2D eigenvalue weighted by atomic mass is 9.80. The van der Waals surface area contributed by atoms with E-state index in [1.165, 1.54) is 47.2 Å². The van der Waals surface area contributed by atoms with Crippen LogP contribution in [-0.2, 0) is 91.8 Å². The topological polar surface area (TPSA) is 502 Å². The summed E-state index contributed by atoms with van der Waals surface area (Å²) >= 11 is 16.9. The van der Waals surface area contributed by atoms with E-state index in [4.69, 9.17) is 119 Å². The Hall–Kier alpha value is -7.73. The monoisotopic (exact) mass is 1540 g/mol. The Morgan fingerprint density at radius 3 is 1.58 bits per heavy atom. The Morgan fingerprint density at radius 1 is 0.563 bits per heavy atom. The Balaban J connectivity index is 0.739. The number of anilines is 4. The van der Waals surface area contributed by atoms with Gasteiger partial charge in [-0.2, -0.15) is 19.9 Å². The van der Waals surface area contributed by atoms with E-state index in [0.717, 1.165) is 9.13 Å². The number of rotatable bonds is 27. The summed E-state index contributed by atoms with van der Waals surface area (Å²) in [5.41, 5.74) is 22.0. The molecule has 0 radical (unpaired) electrons. The summed E-state index contributed by atoms with van der Waals surface area (Å²) in [6, 6.07) is 25.4. The fourth-order valence-corrected chi connectivity index (χ4v) is 17.0. The molecular formula is C60H69N16O21P3S3. The van der Waals surface area contributed by atoms with Gasteiger partial charge >= 0.3 is 31.5 Å². The van der Waals surface area contributed by atoms with Gasteiger partial charge in [0.05, 0.1) is 77.7 Å². The molecule has 9 aromatic rings. The van der Waals surface area contributed by atoms with Crippen LogP contribution >= 0.6 is 20.2 Å². The minimum absolute atomic E-state index is 0.0211. The Morgan fingerprint density at radius 2 is 1.04 bits per heavy atom. The molecule has 0 bridgehead atoms. The van der Waals surface area contributed by atoms with E-state index in [-0.39, 0.29) is 83.7 Å². The van der Waals surface area contributed by atoms with E-state index in [9.17, 15) is 39.0 Å². The molecule has 14 N–H and O–H groups in total. The molecule has 3 unspecified atom stereocenters. The van der Waals surface area contributed by atoms with Gasteiger partial charge in [-0.15, -0.1) is 0 Å². The minimum atomic E-state index is -4.55. The lowest BCUT2D eigenvalue weighted by Gasteiger charge is -2.37. The molecule has 0 spiro atoms. The molecule has 0 saturated carbocycles. The molecule has 15 atom stereocenters. The van der Waals surface area contributed by atoms with Gasteiger partial charge in [0.2, 0.25) is 11.9 Å². The first kappa shape index (κ1) is 73.6. The molecule has 0 aliphatic carbocycles. The van der Waals surface area contributed by atoms with Gasteiger partial charge in [0, 0.05) is 43.6 Å². The molecule has 37 nitrogen and oxygen atoms in total. The number of fused-ring (bicyclic) bond motifs is 2. The van der Waals surface area contributed by atoms with Crippen molar-refractivity contribution < 1.29 is 80.1 Å². The van der Waals surface area contributed by atoms with Crippen molar-refractivity contribution in [1.29, 1.82) is 0 Å². The van der Waals surface area contributed by atoms with Crippen molar-refractivity contribution in [3.05, 3.63) is 174 Å². The molecule has 103 heavy (non-hydrogen) atoms. The minimum Gasteiger partial charge on any atom is -0.497 e. The Labute approximate surface area is 597 Å². The highest BCUT2D eigenvalue weighted by atomic mass is 32.5. The van der Waals surface area contributed by atoms with E-state index in [1.807, 2.05) is 54.6 Å². The number of aromatic amines is 2. The smallest absolute Gasteiger partial charge is 0.351 e. The second kappa shape index (κ2) is 30.0. The van der Waals surface area contributed by atoms with Gasteiger partial charge in [0.25, 0.3) is 11.1 Å². The highest BCUT2D eigenvalue weighted by Crippen LogP contribution is 2.55. The zero-order valence-corrected chi connectivity index (χ0v) is 59.7. The average Bonchev–Trinajstić information content (AvgIpc) is 0.956. The van der Waals surface area contributed by atoms with Crippen molar-refractivity contribution in [2.75, 3.05) is 63.6 Å². The highest BCUT2D eigenvalue weighted by molar-refractivity contribution is 8.07. The molecule has 4 aliphatic heterocycles. The van der Waals surface area contributed by atoms with Gasteiger partial charge in [-0.1, -0.05) is 54.6 Å². The number of methoxy groups -OCH3 is 2. The van der Waals surface area contributed by atoms with Gasteiger partial charge in [-0.05, 0) is 89.4 Å². The van der Waals surface area contributed by atoms with Crippen LogP contribution in [0.15, 0.2) is 129 Å². The van der Waals surface area contributed by atoms with E-state index in [1.54, 1.807) is 38.5 Å². The number of nitrogen functional groups attached to an aromatic ring is 4. The number of hydrogen-bond donors (Lipinski definition) is 10. The van der Waals surface area contributed by atoms with Crippen molar-refractivity contribution in [1.82, 2.24) is 58.1 Å². The first-order valence-electron chi connectivity index (χ1n) is 31.6. The van der Waals surface area contributed by atoms with Crippen LogP contribution in [0.4, 0.5) is 23.5 Å². The first-order valence-corrected chi connectivity index (χ1v) is 39.3. The van der Waals surface area contributed by atoms with Crippen LogP contribution in [0.25, 0.3) is 22.3 Å². The number of nitrogens with zero attached hydrogens (tertiary/aromatic N) is 10. The van der Waals surface area contributed by atoms with Crippen molar-refractivity contribution in [2.24, 2.45) is 0 Å². The average molecular weight is 1540 g/mol. The largest absolute Gasteiger partial charge is 0.497 e. The third-order valence-electron chi connectivity index (χ3n) is 17.5. The molecule has 6 aromatic heterocycles. The summed E-state index contributed by atoms with van der Waals surface area (Å²) < 4.78 is 85.5. The summed E-state index contributed by atoms with van der Waals surface area (Å²) in [5, 5.41) is 11.1. The fourth-order valence-electron chi connectivity index (χ4n) is 12.6. The van der Waals surface area contributed by atoms with E-state index in [0.29, 0.717) is 28.2 Å². The van der Waals surface area contributed by atoms with Gasteiger partial charge in [-0.3, -0.25) is 37.8 Å². The van der Waals surface area contributed by atoms with E-state index in [2.05, 4.69) is 39.9 Å². The molecule has 4 aliphatic rings. The lowest BCUT2D eigenvalue weighted by Crippen LogP contribution is -2.38. The van der Waals surface area contributed by atoms with Gasteiger partial charge in [-0.25, -0.2) is 19.6 Å². The van der Waals surface area contributed by atoms with Crippen molar-refractivity contribution in [2.45, 2.75) is 112 Å². The maximum Gasteiger partial charge on any atom is 0.351 e. The maximum atomic E-state index is 13.4. The summed E-state index contributed by atoms with van der Waals surface area (Å²) in [5.74, 6) is 0.791. The van der Waals surface area contributed by atoms with Crippen LogP contribution < -0.4 is 54.9 Å². The summed E-state index contributed by atoms with van der Waals surface area (Å²) in [6.45, 7) is -14.0. The number of aromatic nitrogens is 12. The van der Waals surface area contributed by atoms with Crippen LogP contribution in [-0.4, -0.2) is 167 Å². The Bertz CT molecular complexity index is 4960. The zero-order chi connectivity index (χ0) is 72.9. The standard InChI is InChI=1S/C60H69N16O21P3S3/c1-30-23-74(59(81)72-54(30)78)47-21-39(97-100(84,103)89-26-42-38(20-46(93-42)73-18-17-44(61)67-58(73)80)96-98(82,101)88-25-40-36(77)19-45(91-40)75-28-65-49-51(62)68-56(63)69-52(49)75)43(94-47)27-90-99(83,102)95-37-22-48(76-29-66-50-53(76)70-57(64)71-55(50)79)92-41(37)24-87-60(31-7-5-4-6-8-31,32-9-13-34(85-2)14-10-32)33-11-15-35(86-3)16-12-33/h4-18,23,28-29,36-43,45-48,77H,19-22,24-27H2,1-3H3,(H,82,101)(H,83,102)(H,84,103)(H2,61,67,80)(H,72,78,81)(H4,62,63,68,69)(H3,64,70,71,79)/t36-,37-,38-,39-,40+,41+,42+,43+,45+,46+,47+,48+,98?,99?,100?/m0/s1. The number of imidazole rings is 2. The number of aryl methyl sites for hydroxylation is 1. The molecule has 4 saturated heterocycles. The number of nitrogens with two attached hydrogens (primary N) is 4. The summed E-state index contributed by atoms with van der Waals surface area (Å²) in [6.07, 6.45) is -9.36. The number of ether oxygens (including phenoxy) is 7. The second-order valence-corrected chi connectivity index (χ2v) is 32.5. The van der Waals surface area contributed by atoms with Crippen LogP contribution in [0, 0.1) is 6.92 Å². The highest BCUT2D eigenvalue weighted by Gasteiger charge is 2.49. The van der Waals surface area contributed by atoms with Crippen LogP contribution in [0.5, 0.6) is 11.5 Å². The summed E-state index contributed by atoms with van der Waals surface area (Å²) in [7, 11) is 3.10. The molecule has 4 fully saturated rings. The first-order chi connectivity index (χ1) is 49.1. The van der Waals surface area contributed by atoms with Crippen LogP contribution in [0.3, 0.4) is 0 Å². The normalized spacial score (nSPS) is 25.4. The molecule has 10 heterocycles. The number of aliphatic hydroxyl groups excluding tert-OH is 1. The molecular weight excluding hydrogens is 1470 g/mol. The van der Waals surface area contributed by atoms with Gasteiger partial charge < -0.3 is 103 Å². The SMILES string of the molecule is COc1ccc(C(OC[C@H]2O[C@@H](n3cnc4c(=O)[nH]c(N)nc43)C[C@@H]2OP(O)(=S)OC[C@H]2O[C@@H](n3cc(C)c(=O)[nH]c3=O)C[C@@H]2OP(O)(=S)OC[C@H]2O[C@@H](n3ccc(N)nc3=O)C[C@@H]2OP(O)(=S)OC[C@H]2O[C@@H](n3cnc4c(N)nc(N)nc43)C[C@@H]2O)(c2ccccc2)c2ccc(OC)cc2)cc1. The van der Waals surface area contributed by atoms with Crippen LogP contribution in [0.2, 0.25) is 0 Å². The van der Waals surface area contributed by atoms with Crippen LogP contribution in [0.1, 0.15) is 72.8 Å². The Kier molecular flexibility index (Phi) is 21.4. The number of hydrogen-bond acceptors (Lipinski definition) is 31. The predicted octanol–water partition coefficient (Wildman–Crippen LogP) is 2.80. The number of aliphatic hydroxyl groups is 1. The van der Waals surface area contributed by atoms with Crippen molar-refractivity contribution >= 4 is 101 Å². The third-order valence-corrected chi connectivity index (χ3v) is 22.3. The fraction of sp³-hybridized carbons (Fsp3) is 0.400.